The van der Waals surface area contributed by atoms with Gasteiger partial charge >= 0.3 is 0 Å². The van der Waals surface area contributed by atoms with Crippen LogP contribution in [-0.2, 0) is 6.54 Å². The standard InChI is InChI=1S/C10H19N3/c1-3-5-7-13-8-6-12-10(13)9(11)4-2/h6,8-9H,3-5,7,11H2,1-2H3/p+1. The molecule has 0 aliphatic carbocycles. The van der Waals surface area contributed by atoms with Crippen LogP contribution < -0.4 is 10.3 Å². The average molecular weight is 182 g/mol. The first kappa shape index (κ1) is 10.3. The van der Waals surface area contributed by atoms with Gasteiger partial charge in [-0.2, -0.15) is 0 Å². The maximum absolute atomic E-state index is 5.96. The zero-order valence-corrected chi connectivity index (χ0v) is 8.59. The Bertz CT molecular complexity index is 242. The van der Waals surface area contributed by atoms with Crippen molar-refractivity contribution >= 4 is 0 Å². The summed E-state index contributed by atoms with van der Waals surface area (Å²) in [4.78, 5) is 3.20. The maximum atomic E-state index is 5.96. The first-order chi connectivity index (χ1) is 6.29. The minimum Gasteiger partial charge on any atom is -0.318 e. The molecular formula is C10H20N3+. The summed E-state index contributed by atoms with van der Waals surface area (Å²) in [6, 6.07) is 0.145. The lowest BCUT2D eigenvalue weighted by molar-refractivity contribution is -0.704. The van der Waals surface area contributed by atoms with Crippen LogP contribution in [0.5, 0.6) is 0 Å². The lowest BCUT2D eigenvalue weighted by Crippen LogP contribution is -2.39. The van der Waals surface area contributed by atoms with E-state index in [-0.39, 0.29) is 6.04 Å². The largest absolute Gasteiger partial charge is 0.318 e. The van der Waals surface area contributed by atoms with E-state index >= 15 is 0 Å². The number of hydrogen-bond donors (Lipinski definition) is 2. The van der Waals surface area contributed by atoms with Crippen molar-refractivity contribution in [3.05, 3.63) is 18.2 Å². The summed E-state index contributed by atoms with van der Waals surface area (Å²) in [6.45, 7) is 5.38. The van der Waals surface area contributed by atoms with Gasteiger partial charge in [-0.05, 0) is 12.8 Å². The van der Waals surface area contributed by atoms with Crippen molar-refractivity contribution in [1.82, 2.24) is 4.98 Å². The van der Waals surface area contributed by atoms with Crippen LogP contribution in [0.15, 0.2) is 12.4 Å². The van der Waals surface area contributed by atoms with E-state index < -0.39 is 0 Å². The Morgan fingerprint density at radius 3 is 2.92 bits per heavy atom. The van der Waals surface area contributed by atoms with Crippen LogP contribution in [0.1, 0.15) is 45.0 Å². The minimum atomic E-state index is 0.145. The molecule has 1 aromatic heterocycles. The second kappa shape index (κ2) is 5.02. The Labute approximate surface area is 80.0 Å². The number of aromatic amines is 1. The molecule has 1 rings (SSSR count). The number of H-pyrrole nitrogens is 1. The van der Waals surface area contributed by atoms with E-state index in [0.717, 1.165) is 18.8 Å². The number of nitrogens with one attached hydrogen (secondary N) is 1. The summed E-state index contributed by atoms with van der Waals surface area (Å²) in [5.41, 5.74) is 5.96. The van der Waals surface area contributed by atoms with Gasteiger partial charge in [0, 0.05) is 0 Å². The van der Waals surface area contributed by atoms with Crippen molar-refractivity contribution in [2.75, 3.05) is 0 Å². The molecular weight excluding hydrogens is 162 g/mol. The summed E-state index contributed by atoms with van der Waals surface area (Å²) in [7, 11) is 0. The Hall–Kier alpha value is -0.830. The number of nitrogens with zero attached hydrogens (tertiary/aromatic N) is 1. The Balaban J connectivity index is 2.65. The molecule has 0 spiro atoms. The van der Waals surface area contributed by atoms with Crippen molar-refractivity contribution in [2.45, 2.75) is 45.7 Å². The van der Waals surface area contributed by atoms with Crippen LogP contribution in [0.4, 0.5) is 0 Å². The van der Waals surface area contributed by atoms with Gasteiger partial charge in [-0.15, -0.1) is 0 Å². The average Bonchev–Trinajstić information content (AvgIpc) is 2.61. The van der Waals surface area contributed by atoms with Crippen molar-refractivity contribution in [2.24, 2.45) is 5.73 Å². The molecule has 0 saturated carbocycles. The van der Waals surface area contributed by atoms with Gasteiger partial charge < -0.3 is 5.73 Å². The van der Waals surface area contributed by atoms with Gasteiger partial charge in [-0.25, -0.2) is 9.55 Å². The molecule has 1 atom stereocenters. The van der Waals surface area contributed by atoms with E-state index in [4.69, 9.17) is 5.73 Å². The van der Waals surface area contributed by atoms with Crippen LogP contribution in [0, 0.1) is 0 Å². The summed E-state index contributed by atoms with van der Waals surface area (Å²) in [5.74, 6) is 1.15. The van der Waals surface area contributed by atoms with Gasteiger partial charge in [0.15, 0.2) is 0 Å². The fraction of sp³-hybridized carbons (Fsp3) is 0.700. The molecule has 0 amide bonds. The minimum absolute atomic E-state index is 0.145. The maximum Gasteiger partial charge on any atom is 0.271 e. The SMILES string of the molecule is CCCC[n+]1cc[nH]c1C(N)CC. The molecule has 3 N–H and O–H groups in total. The van der Waals surface area contributed by atoms with E-state index in [1.165, 1.54) is 12.8 Å². The second-order valence-electron chi connectivity index (χ2n) is 3.41. The predicted octanol–water partition coefficient (Wildman–Crippen LogP) is 1.51. The lowest BCUT2D eigenvalue weighted by atomic mass is 10.2. The van der Waals surface area contributed by atoms with Crippen LogP contribution >= 0.6 is 0 Å². The van der Waals surface area contributed by atoms with Gasteiger partial charge in [0.2, 0.25) is 0 Å². The molecule has 1 unspecified atom stereocenters. The number of imidazole rings is 1. The third-order valence-corrected chi connectivity index (χ3v) is 2.34. The van der Waals surface area contributed by atoms with Crippen molar-refractivity contribution < 1.29 is 4.57 Å². The number of hydrogen-bond acceptors (Lipinski definition) is 1. The van der Waals surface area contributed by atoms with Crippen LogP contribution in [0.3, 0.4) is 0 Å². The number of nitrogens with two attached hydrogens (primary N) is 1. The molecule has 0 radical (unpaired) electrons. The van der Waals surface area contributed by atoms with E-state index in [2.05, 4.69) is 29.6 Å². The molecule has 13 heavy (non-hydrogen) atoms. The molecule has 1 aromatic rings. The summed E-state index contributed by atoms with van der Waals surface area (Å²) in [5, 5.41) is 0. The Morgan fingerprint density at radius 1 is 1.54 bits per heavy atom. The monoisotopic (exact) mass is 182 g/mol. The molecule has 3 heteroatoms. The second-order valence-corrected chi connectivity index (χ2v) is 3.41. The fourth-order valence-electron chi connectivity index (χ4n) is 1.41. The van der Waals surface area contributed by atoms with E-state index in [1.807, 2.05) is 6.20 Å². The normalized spacial score (nSPS) is 13.2. The smallest absolute Gasteiger partial charge is 0.271 e. The van der Waals surface area contributed by atoms with E-state index in [0.29, 0.717) is 0 Å². The van der Waals surface area contributed by atoms with E-state index in [9.17, 15) is 0 Å². The van der Waals surface area contributed by atoms with E-state index in [1.54, 1.807) is 0 Å². The number of unbranched alkanes of at least 4 members (excludes halogenated alkanes) is 1. The third-order valence-electron chi connectivity index (χ3n) is 2.34. The molecule has 74 valence electrons. The lowest BCUT2D eigenvalue weighted by Gasteiger charge is -2.04. The zero-order valence-electron chi connectivity index (χ0n) is 8.59. The van der Waals surface area contributed by atoms with Gasteiger partial charge in [0.05, 0.1) is 6.54 Å². The number of rotatable bonds is 5. The first-order valence-electron chi connectivity index (χ1n) is 5.11. The van der Waals surface area contributed by atoms with Crippen LogP contribution in [0.25, 0.3) is 0 Å². The summed E-state index contributed by atoms with van der Waals surface area (Å²) >= 11 is 0. The molecule has 0 aliphatic heterocycles. The Morgan fingerprint density at radius 2 is 2.31 bits per heavy atom. The summed E-state index contributed by atoms with van der Waals surface area (Å²) in [6.07, 6.45) is 7.44. The van der Waals surface area contributed by atoms with Crippen LogP contribution in [0.2, 0.25) is 0 Å². The van der Waals surface area contributed by atoms with Crippen molar-refractivity contribution in [3.8, 4) is 0 Å². The molecule has 0 bridgehead atoms. The highest BCUT2D eigenvalue weighted by Crippen LogP contribution is 2.05. The highest BCUT2D eigenvalue weighted by molar-refractivity contribution is 4.85. The topological polar surface area (TPSA) is 45.7 Å². The summed E-state index contributed by atoms with van der Waals surface area (Å²) < 4.78 is 2.22. The molecule has 0 aromatic carbocycles. The molecule has 0 aliphatic rings. The quantitative estimate of drug-likeness (QED) is 0.666. The number of aryl methyl sites for hydroxylation is 1. The van der Waals surface area contributed by atoms with Crippen LogP contribution in [-0.4, -0.2) is 4.98 Å². The molecule has 0 fully saturated rings. The highest BCUT2D eigenvalue weighted by Gasteiger charge is 2.16. The van der Waals surface area contributed by atoms with Gasteiger partial charge in [0.25, 0.3) is 5.82 Å². The molecule has 0 saturated heterocycles. The van der Waals surface area contributed by atoms with Gasteiger partial charge in [-0.1, -0.05) is 20.3 Å². The molecule has 1 heterocycles. The van der Waals surface area contributed by atoms with Crippen molar-refractivity contribution in [3.63, 3.8) is 0 Å². The Kier molecular flexibility index (Phi) is 3.96. The zero-order chi connectivity index (χ0) is 9.68. The fourth-order valence-corrected chi connectivity index (χ4v) is 1.41. The van der Waals surface area contributed by atoms with Gasteiger partial charge in [0.1, 0.15) is 18.4 Å². The first-order valence-corrected chi connectivity index (χ1v) is 5.11. The van der Waals surface area contributed by atoms with Gasteiger partial charge in [-0.3, -0.25) is 0 Å². The highest BCUT2D eigenvalue weighted by atomic mass is 15.1. The number of aromatic nitrogens is 2. The van der Waals surface area contributed by atoms with Crippen molar-refractivity contribution in [1.29, 1.82) is 0 Å². The predicted molar refractivity (Wildman–Crippen MR) is 53.1 cm³/mol. The third kappa shape index (κ3) is 2.56. The molecule has 3 nitrogen and oxygen atoms in total.